The largest absolute Gasteiger partial charge is 0.492 e. The Labute approximate surface area is 114 Å². The standard InChI is InChI=1S/C16H21NO2/c1-12-6-7-13(2)16(14(12)3)19-10-8-17-11-15-5-4-9-18-15/h4-7,9,17H,8,10-11H2,1-3H3. The Bertz CT molecular complexity index is 518. The van der Waals surface area contributed by atoms with Gasteiger partial charge in [0.25, 0.3) is 0 Å². The number of nitrogens with one attached hydrogen (secondary N) is 1. The molecule has 3 nitrogen and oxygen atoms in total. The number of aryl methyl sites for hydroxylation is 2. The molecule has 1 heterocycles. The van der Waals surface area contributed by atoms with Gasteiger partial charge in [-0.1, -0.05) is 12.1 Å². The van der Waals surface area contributed by atoms with Gasteiger partial charge in [0, 0.05) is 6.54 Å². The minimum absolute atomic E-state index is 0.659. The van der Waals surface area contributed by atoms with E-state index < -0.39 is 0 Å². The average molecular weight is 259 g/mol. The Morgan fingerprint density at radius 1 is 1.11 bits per heavy atom. The van der Waals surface area contributed by atoms with Gasteiger partial charge in [0.2, 0.25) is 0 Å². The predicted molar refractivity (Wildman–Crippen MR) is 76.6 cm³/mol. The van der Waals surface area contributed by atoms with Gasteiger partial charge in [-0.2, -0.15) is 0 Å². The summed E-state index contributed by atoms with van der Waals surface area (Å²) in [4.78, 5) is 0. The zero-order valence-corrected chi connectivity index (χ0v) is 11.8. The molecule has 0 radical (unpaired) electrons. The van der Waals surface area contributed by atoms with Crippen LogP contribution >= 0.6 is 0 Å². The summed E-state index contributed by atoms with van der Waals surface area (Å²) in [5, 5.41) is 3.29. The summed E-state index contributed by atoms with van der Waals surface area (Å²) < 4.78 is 11.1. The van der Waals surface area contributed by atoms with E-state index in [-0.39, 0.29) is 0 Å². The van der Waals surface area contributed by atoms with Crippen molar-refractivity contribution >= 4 is 0 Å². The van der Waals surface area contributed by atoms with Gasteiger partial charge < -0.3 is 14.5 Å². The minimum atomic E-state index is 0.659. The van der Waals surface area contributed by atoms with Crippen LogP contribution in [0.3, 0.4) is 0 Å². The average Bonchev–Trinajstić information content (AvgIpc) is 2.90. The van der Waals surface area contributed by atoms with Crippen LogP contribution in [0.15, 0.2) is 34.9 Å². The van der Waals surface area contributed by atoms with Crippen LogP contribution in [0.5, 0.6) is 5.75 Å². The van der Waals surface area contributed by atoms with Gasteiger partial charge in [-0.05, 0) is 49.6 Å². The summed E-state index contributed by atoms with van der Waals surface area (Å²) in [5.74, 6) is 1.96. The molecule has 0 aliphatic rings. The van der Waals surface area contributed by atoms with E-state index in [4.69, 9.17) is 9.15 Å². The second kappa shape index (κ2) is 6.43. The maximum atomic E-state index is 5.87. The Morgan fingerprint density at radius 2 is 1.89 bits per heavy atom. The summed E-state index contributed by atoms with van der Waals surface area (Å²) in [6, 6.07) is 8.09. The molecule has 0 spiro atoms. The number of rotatable bonds is 6. The molecule has 0 aliphatic carbocycles. The normalized spacial score (nSPS) is 10.7. The van der Waals surface area contributed by atoms with Crippen molar-refractivity contribution < 1.29 is 9.15 Å². The fraction of sp³-hybridized carbons (Fsp3) is 0.375. The van der Waals surface area contributed by atoms with E-state index in [1.165, 1.54) is 16.7 Å². The highest BCUT2D eigenvalue weighted by Gasteiger charge is 2.05. The van der Waals surface area contributed by atoms with E-state index in [0.29, 0.717) is 6.61 Å². The van der Waals surface area contributed by atoms with Crippen molar-refractivity contribution in [2.45, 2.75) is 27.3 Å². The summed E-state index contributed by atoms with van der Waals surface area (Å²) in [6.07, 6.45) is 1.69. The highest BCUT2D eigenvalue weighted by molar-refractivity contribution is 5.44. The van der Waals surface area contributed by atoms with Crippen LogP contribution in [0.1, 0.15) is 22.5 Å². The van der Waals surface area contributed by atoms with Crippen LogP contribution in [-0.2, 0) is 6.54 Å². The summed E-state index contributed by atoms with van der Waals surface area (Å²) in [5.41, 5.74) is 3.68. The minimum Gasteiger partial charge on any atom is -0.492 e. The summed E-state index contributed by atoms with van der Waals surface area (Å²) in [7, 11) is 0. The van der Waals surface area contributed by atoms with Gasteiger partial charge >= 0.3 is 0 Å². The molecular weight excluding hydrogens is 238 g/mol. The first-order valence-electron chi connectivity index (χ1n) is 6.61. The lowest BCUT2D eigenvalue weighted by atomic mass is 10.1. The van der Waals surface area contributed by atoms with Gasteiger partial charge in [-0.15, -0.1) is 0 Å². The maximum absolute atomic E-state index is 5.87. The van der Waals surface area contributed by atoms with E-state index >= 15 is 0 Å². The molecule has 0 saturated carbocycles. The van der Waals surface area contributed by atoms with E-state index in [1.54, 1.807) is 6.26 Å². The quantitative estimate of drug-likeness (QED) is 0.808. The molecule has 1 aromatic heterocycles. The lowest BCUT2D eigenvalue weighted by Gasteiger charge is -2.14. The molecule has 2 aromatic rings. The van der Waals surface area contributed by atoms with Crippen molar-refractivity contribution in [2.75, 3.05) is 13.2 Å². The van der Waals surface area contributed by atoms with Crippen molar-refractivity contribution in [2.24, 2.45) is 0 Å². The Balaban J connectivity index is 1.78. The summed E-state index contributed by atoms with van der Waals surface area (Å²) >= 11 is 0. The molecular formula is C16H21NO2. The van der Waals surface area contributed by atoms with Gasteiger partial charge in [0.1, 0.15) is 18.1 Å². The molecule has 19 heavy (non-hydrogen) atoms. The third kappa shape index (κ3) is 3.61. The monoisotopic (exact) mass is 259 g/mol. The zero-order chi connectivity index (χ0) is 13.7. The molecule has 0 atom stereocenters. The first kappa shape index (κ1) is 13.7. The van der Waals surface area contributed by atoms with Crippen LogP contribution in [-0.4, -0.2) is 13.2 Å². The topological polar surface area (TPSA) is 34.4 Å². The molecule has 0 unspecified atom stereocenters. The highest BCUT2D eigenvalue weighted by atomic mass is 16.5. The Hall–Kier alpha value is -1.74. The molecule has 1 N–H and O–H groups in total. The highest BCUT2D eigenvalue weighted by Crippen LogP contribution is 2.25. The third-order valence-electron chi connectivity index (χ3n) is 3.28. The molecule has 3 heteroatoms. The lowest BCUT2D eigenvalue weighted by molar-refractivity contribution is 0.307. The second-order valence-electron chi connectivity index (χ2n) is 4.76. The first-order chi connectivity index (χ1) is 9.18. The van der Waals surface area contributed by atoms with Gasteiger partial charge in [-0.25, -0.2) is 0 Å². The molecule has 0 saturated heterocycles. The number of benzene rings is 1. The van der Waals surface area contributed by atoms with Crippen LogP contribution in [0.2, 0.25) is 0 Å². The SMILES string of the molecule is Cc1ccc(C)c(OCCNCc2ccco2)c1C. The molecule has 0 bridgehead atoms. The number of hydrogen-bond acceptors (Lipinski definition) is 3. The maximum Gasteiger partial charge on any atom is 0.125 e. The first-order valence-corrected chi connectivity index (χ1v) is 6.61. The number of furan rings is 1. The molecule has 0 fully saturated rings. The van der Waals surface area contributed by atoms with Gasteiger partial charge in [0.15, 0.2) is 0 Å². The third-order valence-corrected chi connectivity index (χ3v) is 3.28. The lowest BCUT2D eigenvalue weighted by Crippen LogP contribution is -2.20. The Kier molecular flexibility index (Phi) is 4.63. The van der Waals surface area contributed by atoms with Crippen molar-refractivity contribution in [3.05, 3.63) is 53.0 Å². The number of hydrogen-bond donors (Lipinski definition) is 1. The van der Waals surface area contributed by atoms with Crippen molar-refractivity contribution in [3.63, 3.8) is 0 Å². The fourth-order valence-corrected chi connectivity index (χ4v) is 2.00. The van der Waals surface area contributed by atoms with E-state index in [1.807, 2.05) is 12.1 Å². The molecule has 1 aromatic carbocycles. The van der Waals surface area contributed by atoms with E-state index in [0.717, 1.165) is 24.6 Å². The number of ether oxygens (including phenoxy) is 1. The summed E-state index contributed by atoms with van der Waals surface area (Å²) in [6.45, 7) is 8.49. The molecule has 0 aliphatic heterocycles. The van der Waals surface area contributed by atoms with Crippen molar-refractivity contribution in [1.29, 1.82) is 0 Å². The Morgan fingerprint density at radius 3 is 2.63 bits per heavy atom. The van der Waals surface area contributed by atoms with Crippen LogP contribution in [0, 0.1) is 20.8 Å². The zero-order valence-electron chi connectivity index (χ0n) is 11.8. The molecule has 0 amide bonds. The van der Waals surface area contributed by atoms with E-state index in [9.17, 15) is 0 Å². The van der Waals surface area contributed by atoms with Gasteiger partial charge in [-0.3, -0.25) is 0 Å². The van der Waals surface area contributed by atoms with Crippen molar-refractivity contribution in [1.82, 2.24) is 5.32 Å². The van der Waals surface area contributed by atoms with Crippen LogP contribution < -0.4 is 10.1 Å². The van der Waals surface area contributed by atoms with Crippen LogP contribution in [0.4, 0.5) is 0 Å². The van der Waals surface area contributed by atoms with E-state index in [2.05, 4.69) is 38.2 Å². The molecule has 102 valence electrons. The van der Waals surface area contributed by atoms with Crippen LogP contribution in [0.25, 0.3) is 0 Å². The molecule has 2 rings (SSSR count). The predicted octanol–water partition coefficient (Wildman–Crippen LogP) is 3.37. The van der Waals surface area contributed by atoms with Crippen molar-refractivity contribution in [3.8, 4) is 5.75 Å². The van der Waals surface area contributed by atoms with Gasteiger partial charge in [0.05, 0.1) is 12.8 Å². The second-order valence-corrected chi connectivity index (χ2v) is 4.76. The fourth-order valence-electron chi connectivity index (χ4n) is 2.00. The smallest absolute Gasteiger partial charge is 0.125 e.